The first-order valence-corrected chi connectivity index (χ1v) is 5.39. The van der Waals surface area contributed by atoms with Crippen molar-refractivity contribution >= 4 is 5.69 Å². The van der Waals surface area contributed by atoms with E-state index in [9.17, 15) is 4.39 Å². The second-order valence-corrected chi connectivity index (χ2v) is 3.61. The van der Waals surface area contributed by atoms with E-state index >= 15 is 0 Å². The number of alkyl halides is 1. The summed E-state index contributed by atoms with van der Waals surface area (Å²) in [5.74, 6) is 0. The molecule has 84 valence electrons. The summed E-state index contributed by atoms with van der Waals surface area (Å²) in [5.41, 5.74) is 7.79. The Morgan fingerprint density at radius 1 is 1.33 bits per heavy atom. The summed E-state index contributed by atoms with van der Waals surface area (Å²) in [6.07, 6.45) is 0.598. The Bertz CT molecular complexity index is 289. The van der Waals surface area contributed by atoms with Crippen LogP contribution in [0.15, 0.2) is 24.3 Å². The number of nitrogen functional groups attached to an aromatic ring is 1. The van der Waals surface area contributed by atoms with Crippen molar-refractivity contribution in [1.82, 2.24) is 4.90 Å². The summed E-state index contributed by atoms with van der Waals surface area (Å²) in [6, 6.07) is 7.83. The van der Waals surface area contributed by atoms with Gasteiger partial charge in [0.05, 0.1) is 6.67 Å². The van der Waals surface area contributed by atoms with Crippen LogP contribution in [-0.2, 0) is 6.54 Å². The molecular formula is C12H19FN2. The normalized spacial score (nSPS) is 10.9. The van der Waals surface area contributed by atoms with Crippen molar-refractivity contribution in [2.45, 2.75) is 19.9 Å². The number of para-hydroxylation sites is 1. The average Bonchev–Trinajstić information content (AvgIpc) is 2.26. The minimum Gasteiger partial charge on any atom is -0.398 e. The van der Waals surface area contributed by atoms with Crippen molar-refractivity contribution in [3.8, 4) is 0 Å². The molecule has 0 unspecified atom stereocenters. The second kappa shape index (κ2) is 6.40. The molecule has 0 saturated carbocycles. The lowest BCUT2D eigenvalue weighted by atomic mass is 10.1. The van der Waals surface area contributed by atoms with E-state index in [1.54, 1.807) is 0 Å². The highest BCUT2D eigenvalue weighted by Gasteiger charge is 2.05. The van der Waals surface area contributed by atoms with Crippen LogP contribution >= 0.6 is 0 Å². The van der Waals surface area contributed by atoms with Crippen molar-refractivity contribution < 1.29 is 4.39 Å². The van der Waals surface area contributed by atoms with Gasteiger partial charge in [0, 0.05) is 18.8 Å². The van der Waals surface area contributed by atoms with Gasteiger partial charge in [0.15, 0.2) is 0 Å². The Kier molecular flexibility index (Phi) is 5.12. The fourth-order valence-electron chi connectivity index (χ4n) is 1.55. The van der Waals surface area contributed by atoms with Crippen molar-refractivity contribution in [2.24, 2.45) is 0 Å². The summed E-state index contributed by atoms with van der Waals surface area (Å²) >= 11 is 0. The van der Waals surface area contributed by atoms with Crippen molar-refractivity contribution in [3.05, 3.63) is 29.8 Å². The van der Waals surface area contributed by atoms with E-state index in [-0.39, 0.29) is 6.67 Å². The molecule has 0 fully saturated rings. The van der Waals surface area contributed by atoms with E-state index in [1.165, 1.54) is 0 Å². The monoisotopic (exact) mass is 210 g/mol. The molecule has 0 aliphatic carbocycles. The molecule has 0 heterocycles. The standard InChI is InChI=1S/C12H19FN2/c1-2-15(9-5-8-13)10-11-6-3-4-7-12(11)14/h3-4,6-7H,2,5,8-10,14H2,1H3. The number of nitrogens with two attached hydrogens (primary N) is 1. The molecule has 0 bridgehead atoms. The van der Waals surface area contributed by atoms with Gasteiger partial charge in [-0.3, -0.25) is 9.29 Å². The lowest BCUT2D eigenvalue weighted by Crippen LogP contribution is -2.24. The molecule has 3 heteroatoms. The smallest absolute Gasteiger partial charge is 0.0906 e. The molecular weight excluding hydrogens is 191 g/mol. The van der Waals surface area contributed by atoms with Crippen LogP contribution in [0.2, 0.25) is 0 Å². The summed E-state index contributed by atoms with van der Waals surface area (Å²) in [6.45, 7) is 4.36. The molecule has 15 heavy (non-hydrogen) atoms. The van der Waals surface area contributed by atoms with Crippen molar-refractivity contribution in [1.29, 1.82) is 0 Å². The van der Waals surface area contributed by atoms with E-state index < -0.39 is 0 Å². The highest BCUT2D eigenvalue weighted by molar-refractivity contribution is 5.46. The number of hydrogen-bond acceptors (Lipinski definition) is 2. The molecule has 0 amide bonds. The molecule has 0 saturated heterocycles. The lowest BCUT2D eigenvalue weighted by Gasteiger charge is -2.20. The van der Waals surface area contributed by atoms with Gasteiger partial charge in [-0.05, 0) is 24.6 Å². The van der Waals surface area contributed by atoms with Gasteiger partial charge in [0.25, 0.3) is 0 Å². The van der Waals surface area contributed by atoms with Crippen LogP contribution in [0.5, 0.6) is 0 Å². The molecule has 0 aliphatic rings. The Morgan fingerprint density at radius 3 is 2.67 bits per heavy atom. The van der Waals surface area contributed by atoms with Crippen LogP contribution in [-0.4, -0.2) is 24.7 Å². The zero-order valence-electron chi connectivity index (χ0n) is 9.25. The van der Waals surface area contributed by atoms with Crippen molar-refractivity contribution in [2.75, 3.05) is 25.5 Å². The second-order valence-electron chi connectivity index (χ2n) is 3.61. The van der Waals surface area contributed by atoms with Crippen LogP contribution in [0.4, 0.5) is 10.1 Å². The first-order valence-electron chi connectivity index (χ1n) is 5.39. The quantitative estimate of drug-likeness (QED) is 0.731. The maximum Gasteiger partial charge on any atom is 0.0906 e. The van der Waals surface area contributed by atoms with Crippen LogP contribution in [0, 0.1) is 0 Å². The highest BCUT2D eigenvalue weighted by atomic mass is 19.1. The SMILES string of the molecule is CCN(CCCF)Cc1ccccc1N. The van der Waals surface area contributed by atoms with Gasteiger partial charge >= 0.3 is 0 Å². The molecule has 0 aromatic heterocycles. The van der Waals surface area contributed by atoms with Gasteiger partial charge in [-0.2, -0.15) is 0 Å². The van der Waals surface area contributed by atoms with Crippen LogP contribution < -0.4 is 5.73 Å². The molecule has 0 radical (unpaired) electrons. The fourth-order valence-corrected chi connectivity index (χ4v) is 1.55. The number of hydrogen-bond donors (Lipinski definition) is 1. The highest BCUT2D eigenvalue weighted by Crippen LogP contribution is 2.13. The number of anilines is 1. The Hall–Kier alpha value is -1.09. The fraction of sp³-hybridized carbons (Fsp3) is 0.500. The van der Waals surface area contributed by atoms with Crippen LogP contribution in [0.25, 0.3) is 0 Å². The van der Waals surface area contributed by atoms with Gasteiger partial charge < -0.3 is 5.73 Å². The topological polar surface area (TPSA) is 29.3 Å². The lowest BCUT2D eigenvalue weighted by molar-refractivity contribution is 0.264. The van der Waals surface area contributed by atoms with Crippen LogP contribution in [0.1, 0.15) is 18.9 Å². The van der Waals surface area contributed by atoms with Gasteiger partial charge in [-0.15, -0.1) is 0 Å². The predicted molar refractivity (Wildman–Crippen MR) is 62.4 cm³/mol. The molecule has 2 N–H and O–H groups in total. The summed E-state index contributed by atoms with van der Waals surface area (Å²) in [7, 11) is 0. The first kappa shape index (κ1) is 12.0. The largest absolute Gasteiger partial charge is 0.398 e. The third kappa shape index (κ3) is 3.88. The molecule has 0 atom stereocenters. The number of nitrogens with zero attached hydrogens (tertiary/aromatic N) is 1. The average molecular weight is 210 g/mol. The molecule has 1 rings (SSSR count). The van der Waals surface area contributed by atoms with E-state index in [2.05, 4.69) is 11.8 Å². The third-order valence-electron chi connectivity index (χ3n) is 2.50. The van der Waals surface area contributed by atoms with Gasteiger partial charge in [0.2, 0.25) is 0 Å². The minimum absolute atomic E-state index is 0.249. The summed E-state index contributed by atoms with van der Waals surface area (Å²) in [4.78, 5) is 2.20. The van der Waals surface area contributed by atoms with Gasteiger partial charge in [0.1, 0.15) is 0 Å². The molecule has 1 aromatic carbocycles. The summed E-state index contributed by atoms with van der Waals surface area (Å²) < 4.78 is 12.1. The summed E-state index contributed by atoms with van der Waals surface area (Å²) in [5, 5.41) is 0. The van der Waals surface area contributed by atoms with Gasteiger partial charge in [-0.25, -0.2) is 0 Å². The Balaban J connectivity index is 2.54. The zero-order chi connectivity index (χ0) is 11.1. The minimum atomic E-state index is -0.249. The maximum atomic E-state index is 12.1. The third-order valence-corrected chi connectivity index (χ3v) is 2.50. The Morgan fingerprint density at radius 2 is 2.07 bits per heavy atom. The maximum absolute atomic E-state index is 12.1. The van der Waals surface area contributed by atoms with Crippen molar-refractivity contribution in [3.63, 3.8) is 0 Å². The molecule has 2 nitrogen and oxygen atoms in total. The van der Waals surface area contributed by atoms with E-state index in [4.69, 9.17) is 5.73 Å². The number of benzene rings is 1. The van der Waals surface area contributed by atoms with E-state index in [0.717, 1.165) is 30.9 Å². The molecule has 1 aromatic rings. The number of halogens is 1. The zero-order valence-corrected chi connectivity index (χ0v) is 9.25. The predicted octanol–water partition coefficient (Wildman–Crippen LogP) is 2.45. The van der Waals surface area contributed by atoms with Crippen LogP contribution in [0.3, 0.4) is 0 Å². The molecule has 0 aliphatic heterocycles. The number of rotatable bonds is 6. The van der Waals surface area contributed by atoms with Gasteiger partial charge in [-0.1, -0.05) is 25.1 Å². The van der Waals surface area contributed by atoms with E-state index in [0.29, 0.717) is 6.42 Å². The molecule has 0 spiro atoms. The van der Waals surface area contributed by atoms with E-state index in [1.807, 2.05) is 24.3 Å². The Labute approximate surface area is 90.9 Å². The first-order chi connectivity index (χ1) is 7.27.